The average molecular weight is 326 g/mol. The minimum atomic E-state index is -0.227. The molecular formula is C18H22N4O2. The SMILES string of the molecule is Cc1ccc(-n2[nH]c(C(=O)NC3CC4CCC(C3)N4)cc2=O)cc1. The fourth-order valence-corrected chi connectivity index (χ4v) is 3.84. The van der Waals surface area contributed by atoms with E-state index in [2.05, 4.69) is 15.7 Å². The van der Waals surface area contributed by atoms with Gasteiger partial charge in [-0.1, -0.05) is 17.7 Å². The molecule has 2 aliphatic rings. The summed E-state index contributed by atoms with van der Waals surface area (Å²) in [7, 11) is 0. The highest BCUT2D eigenvalue weighted by molar-refractivity contribution is 5.92. The Morgan fingerprint density at radius 3 is 2.50 bits per heavy atom. The third-order valence-corrected chi connectivity index (χ3v) is 5.07. The zero-order valence-electron chi connectivity index (χ0n) is 13.7. The van der Waals surface area contributed by atoms with Crippen LogP contribution in [0, 0.1) is 6.92 Å². The number of H-pyrrole nitrogens is 1. The van der Waals surface area contributed by atoms with Gasteiger partial charge in [0.05, 0.1) is 5.69 Å². The summed E-state index contributed by atoms with van der Waals surface area (Å²) in [6, 6.07) is 10.2. The van der Waals surface area contributed by atoms with E-state index in [-0.39, 0.29) is 17.5 Å². The summed E-state index contributed by atoms with van der Waals surface area (Å²) in [6.07, 6.45) is 4.31. The van der Waals surface area contributed by atoms with E-state index in [4.69, 9.17) is 0 Å². The molecule has 0 aliphatic carbocycles. The summed E-state index contributed by atoms with van der Waals surface area (Å²) >= 11 is 0. The van der Waals surface area contributed by atoms with Crippen LogP contribution in [0.15, 0.2) is 35.1 Å². The number of benzene rings is 1. The van der Waals surface area contributed by atoms with Gasteiger partial charge in [-0.05, 0) is 44.7 Å². The number of rotatable bonds is 3. The van der Waals surface area contributed by atoms with Crippen molar-refractivity contribution in [3.63, 3.8) is 0 Å². The lowest BCUT2D eigenvalue weighted by molar-refractivity contribution is 0.0918. The molecule has 6 heteroatoms. The molecule has 4 rings (SSSR count). The Balaban J connectivity index is 1.50. The predicted molar refractivity (Wildman–Crippen MR) is 91.6 cm³/mol. The van der Waals surface area contributed by atoms with E-state index in [1.54, 1.807) is 0 Å². The van der Waals surface area contributed by atoms with Gasteiger partial charge in [-0.15, -0.1) is 0 Å². The lowest BCUT2D eigenvalue weighted by Gasteiger charge is -2.29. The van der Waals surface area contributed by atoms with Crippen LogP contribution in [0.1, 0.15) is 41.7 Å². The lowest BCUT2D eigenvalue weighted by Crippen LogP contribution is -2.48. The van der Waals surface area contributed by atoms with Gasteiger partial charge in [-0.3, -0.25) is 14.7 Å². The molecule has 3 N–H and O–H groups in total. The Kier molecular flexibility index (Phi) is 3.76. The Morgan fingerprint density at radius 2 is 1.83 bits per heavy atom. The average Bonchev–Trinajstić information content (AvgIpc) is 3.11. The molecule has 2 aromatic rings. The van der Waals surface area contributed by atoms with Crippen molar-refractivity contribution in [1.82, 2.24) is 20.4 Å². The van der Waals surface area contributed by atoms with E-state index >= 15 is 0 Å². The van der Waals surface area contributed by atoms with Gasteiger partial charge in [0.2, 0.25) is 0 Å². The van der Waals surface area contributed by atoms with Gasteiger partial charge in [-0.2, -0.15) is 0 Å². The topological polar surface area (TPSA) is 78.9 Å². The molecular weight excluding hydrogens is 304 g/mol. The standard InChI is InChI=1S/C18H22N4O2/c1-11-2-6-15(7-3-11)22-17(23)10-16(21-22)18(24)20-14-8-12-4-5-13(9-14)19-12/h2-3,6-7,10,12-14,19,21H,4-5,8-9H2,1H3,(H,20,24). The number of amides is 1. The Hall–Kier alpha value is -2.34. The molecule has 0 saturated carbocycles. The van der Waals surface area contributed by atoms with Crippen molar-refractivity contribution < 1.29 is 4.79 Å². The minimum absolute atomic E-state index is 0.183. The van der Waals surface area contributed by atoms with Crippen LogP contribution in [0.25, 0.3) is 5.69 Å². The summed E-state index contributed by atoms with van der Waals surface area (Å²) < 4.78 is 1.40. The summed E-state index contributed by atoms with van der Waals surface area (Å²) in [5, 5.41) is 9.56. The maximum atomic E-state index is 12.5. The second-order valence-electron chi connectivity index (χ2n) is 6.96. The number of hydrogen-bond donors (Lipinski definition) is 3. The largest absolute Gasteiger partial charge is 0.348 e. The fraction of sp³-hybridized carbons (Fsp3) is 0.444. The second-order valence-corrected chi connectivity index (χ2v) is 6.96. The highest BCUT2D eigenvalue weighted by Crippen LogP contribution is 2.26. The van der Waals surface area contributed by atoms with Gasteiger partial charge < -0.3 is 10.6 Å². The van der Waals surface area contributed by atoms with E-state index < -0.39 is 0 Å². The van der Waals surface area contributed by atoms with Crippen LogP contribution in [-0.4, -0.2) is 33.8 Å². The normalized spacial score (nSPS) is 25.6. The number of aryl methyl sites for hydroxylation is 1. The molecule has 2 fully saturated rings. The predicted octanol–water partition coefficient (Wildman–Crippen LogP) is 1.49. The van der Waals surface area contributed by atoms with Gasteiger partial charge in [-0.25, -0.2) is 4.68 Å². The van der Waals surface area contributed by atoms with Gasteiger partial charge in [0.25, 0.3) is 11.5 Å². The summed E-state index contributed by atoms with van der Waals surface area (Å²) in [4.78, 5) is 24.7. The molecule has 2 unspecified atom stereocenters. The lowest BCUT2D eigenvalue weighted by atomic mass is 10.00. The number of aromatic amines is 1. The van der Waals surface area contributed by atoms with E-state index in [1.165, 1.54) is 23.6 Å². The highest BCUT2D eigenvalue weighted by Gasteiger charge is 2.34. The Morgan fingerprint density at radius 1 is 1.17 bits per heavy atom. The summed E-state index contributed by atoms with van der Waals surface area (Å²) in [5.74, 6) is -0.204. The van der Waals surface area contributed by atoms with Gasteiger partial charge >= 0.3 is 0 Å². The van der Waals surface area contributed by atoms with Crippen LogP contribution in [0.4, 0.5) is 0 Å². The Labute approximate surface area is 140 Å². The second kappa shape index (κ2) is 5.94. The monoisotopic (exact) mass is 326 g/mol. The molecule has 1 aromatic carbocycles. The third-order valence-electron chi connectivity index (χ3n) is 5.07. The molecule has 2 bridgehead atoms. The third kappa shape index (κ3) is 2.89. The number of carbonyl (C=O) groups is 1. The van der Waals surface area contributed by atoms with Crippen molar-refractivity contribution in [2.45, 2.75) is 50.7 Å². The quantitative estimate of drug-likeness (QED) is 0.799. The van der Waals surface area contributed by atoms with Crippen molar-refractivity contribution in [3.8, 4) is 5.69 Å². The number of aromatic nitrogens is 2. The number of fused-ring (bicyclic) bond motifs is 2. The fourth-order valence-electron chi connectivity index (χ4n) is 3.84. The number of hydrogen-bond acceptors (Lipinski definition) is 3. The van der Waals surface area contributed by atoms with E-state index in [1.807, 2.05) is 31.2 Å². The maximum absolute atomic E-state index is 12.5. The first-order chi connectivity index (χ1) is 11.6. The maximum Gasteiger partial charge on any atom is 0.271 e. The summed E-state index contributed by atoms with van der Waals surface area (Å²) in [5.41, 5.74) is 1.93. The zero-order chi connectivity index (χ0) is 16.7. The first-order valence-corrected chi connectivity index (χ1v) is 8.54. The van der Waals surface area contributed by atoms with Crippen molar-refractivity contribution in [2.24, 2.45) is 0 Å². The molecule has 0 spiro atoms. The molecule has 6 nitrogen and oxygen atoms in total. The first-order valence-electron chi connectivity index (χ1n) is 8.54. The van der Waals surface area contributed by atoms with Crippen LogP contribution >= 0.6 is 0 Å². The first kappa shape index (κ1) is 15.2. The molecule has 0 radical (unpaired) electrons. The molecule has 2 atom stereocenters. The van der Waals surface area contributed by atoms with Crippen LogP contribution < -0.4 is 16.2 Å². The number of nitrogens with one attached hydrogen (secondary N) is 3. The highest BCUT2D eigenvalue weighted by atomic mass is 16.2. The van der Waals surface area contributed by atoms with Crippen molar-refractivity contribution >= 4 is 5.91 Å². The number of carbonyl (C=O) groups excluding carboxylic acids is 1. The summed E-state index contributed by atoms with van der Waals surface area (Å²) in [6.45, 7) is 1.99. The van der Waals surface area contributed by atoms with E-state index in [0.717, 1.165) is 24.1 Å². The molecule has 3 heterocycles. The molecule has 2 aliphatic heterocycles. The molecule has 126 valence electrons. The number of piperidine rings is 1. The van der Waals surface area contributed by atoms with E-state index in [0.29, 0.717) is 17.8 Å². The van der Waals surface area contributed by atoms with E-state index in [9.17, 15) is 9.59 Å². The van der Waals surface area contributed by atoms with Crippen LogP contribution in [0.2, 0.25) is 0 Å². The van der Waals surface area contributed by atoms with Gasteiger partial charge in [0.1, 0.15) is 5.69 Å². The smallest absolute Gasteiger partial charge is 0.271 e. The van der Waals surface area contributed by atoms with Crippen LogP contribution in [-0.2, 0) is 0 Å². The number of nitrogens with zero attached hydrogens (tertiary/aromatic N) is 1. The van der Waals surface area contributed by atoms with Gasteiger partial charge in [0, 0.05) is 24.2 Å². The van der Waals surface area contributed by atoms with Crippen molar-refractivity contribution in [3.05, 3.63) is 51.9 Å². The molecule has 2 saturated heterocycles. The minimum Gasteiger partial charge on any atom is -0.348 e. The van der Waals surface area contributed by atoms with Crippen LogP contribution in [0.3, 0.4) is 0 Å². The van der Waals surface area contributed by atoms with Crippen LogP contribution in [0.5, 0.6) is 0 Å². The van der Waals surface area contributed by atoms with Gasteiger partial charge in [0.15, 0.2) is 0 Å². The zero-order valence-corrected chi connectivity index (χ0v) is 13.7. The molecule has 1 amide bonds. The van der Waals surface area contributed by atoms with Crippen molar-refractivity contribution in [1.29, 1.82) is 0 Å². The molecule has 24 heavy (non-hydrogen) atoms. The van der Waals surface area contributed by atoms with Crippen molar-refractivity contribution in [2.75, 3.05) is 0 Å². The Bertz CT molecular complexity index is 793. The molecule has 1 aromatic heterocycles.